The molecule has 210 valence electrons. The van der Waals surface area contributed by atoms with Crippen LogP contribution in [-0.4, -0.2) is 23.8 Å². The first-order chi connectivity index (χ1) is 20.5. The summed E-state index contributed by atoms with van der Waals surface area (Å²) in [4.78, 5) is 26.4. The number of nitrogens with one attached hydrogen (secondary N) is 1. The number of fused-ring (bicyclic) bond motifs is 5. The normalized spacial score (nSPS) is 17.5. The molecule has 0 saturated carbocycles. The van der Waals surface area contributed by atoms with E-state index < -0.39 is 5.97 Å². The van der Waals surface area contributed by atoms with Crippen molar-refractivity contribution in [3.05, 3.63) is 113 Å². The van der Waals surface area contributed by atoms with Gasteiger partial charge in [0.1, 0.15) is 17.9 Å². The van der Waals surface area contributed by atoms with E-state index in [2.05, 4.69) is 47.8 Å². The minimum absolute atomic E-state index is 0.101. The van der Waals surface area contributed by atoms with Gasteiger partial charge in [0.25, 0.3) is 5.70 Å². The van der Waals surface area contributed by atoms with Crippen LogP contribution in [0.1, 0.15) is 48.4 Å². The number of benzene rings is 4. The standard InChI is InChI=1S/C35H30N2O5/c1-2-3-12-32(38)36-33-28-10-6-7-11-29(28)37(34(33)35(39)40,25-14-16-30-31(19-25)42-21-41-30)20-22-13-15-27-24(17-22)18-23-8-4-5-9-26(23)27/h4-11,13-17,19H,2-3,12,18,20-21H2,1H3,(H-,36,38,39,40)/p+1. The molecule has 0 spiro atoms. The molecule has 1 atom stereocenters. The lowest BCUT2D eigenvalue weighted by Gasteiger charge is -2.35. The minimum atomic E-state index is -1.09. The van der Waals surface area contributed by atoms with Crippen LogP contribution in [-0.2, 0) is 22.6 Å². The number of carbonyl (C=O) groups excluding carboxylic acids is 1. The summed E-state index contributed by atoms with van der Waals surface area (Å²) in [6.45, 7) is 2.47. The van der Waals surface area contributed by atoms with Crippen LogP contribution in [0, 0.1) is 0 Å². The van der Waals surface area contributed by atoms with Crippen molar-refractivity contribution in [3.8, 4) is 22.6 Å². The lowest BCUT2D eigenvalue weighted by molar-refractivity contribution is -0.133. The number of rotatable bonds is 8. The fraction of sp³-hybridized carbons (Fsp3) is 0.200. The third-order valence-electron chi connectivity index (χ3n) is 8.50. The first kappa shape index (κ1) is 26.0. The maximum absolute atomic E-state index is 13.3. The Balaban J connectivity index is 1.42. The second-order valence-electron chi connectivity index (χ2n) is 11.0. The second kappa shape index (κ2) is 10.2. The first-order valence-corrected chi connectivity index (χ1v) is 14.4. The molecule has 0 fully saturated rings. The molecule has 0 bridgehead atoms. The number of nitrogens with zero attached hydrogens (tertiary/aromatic N) is 1. The van der Waals surface area contributed by atoms with Crippen molar-refractivity contribution in [2.45, 2.75) is 39.2 Å². The Kier molecular flexibility index (Phi) is 6.32. The second-order valence-corrected chi connectivity index (χ2v) is 11.0. The molecule has 7 heteroatoms. The molecule has 0 saturated heterocycles. The number of hydrogen-bond donors (Lipinski definition) is 2. The number of carboxylic acid groups (broad SMARTS) is 1. The van der Waals surface area contributed by atoms with Gasteiger partial charge in [0.2, 0.25) is 12.7 Å². The summed E-state index contributed by atoms with van der Waals surface area (Å²) < 4.78 is 11.2. The van der Waals surface area contributed by atoms with E-state index in [0.717, 1.165) is 30.5 Å². The molecule has 42 heavy (non-hydrogen) atoms. The molecule has 3 aliphatic rings. The largest absolute Gasteiger partial charge is 0.474 e. The Labute approximate surface area is 244 Å². The predicted octanol–water partition coefficient (Wildman–Crippen LogP) is 6.90. The van der Waals surface area contributed by atoms with Crippen molar-refractivity contribution in [2.75, 3.05) is 6.79 Å². The fourth-order valence-electron chi connectivity index (χ4n) is 6.61. The van der Waals surface area contributed by atoms with Gasteiger partial charge in [-0.2, -0.15) is 0 Å². The van der Waals surface area contributed by atoms with Crippen LogP contribution in [0.4, 0.5) is 11.4 Å². The Morgan fingerprint density at radius 3 is 2.45 bits per heavy atom. The van der Waals surface area contributed by atoms with Gasteiger partial charge in [0.15, 0.2) is 17.2 Å². The number of carbonyl (C=O) groups is 2. The monoisotopic (exact) mass is 559 g/mol. The average Bonchev–Trinajstić information content (AvgIpc) is 3.69. The summed E-state index contributed by atoms with van der Waals surface area (Å²) in [5, 5.41) is 13.9. The lowest BCUT2D eigenvalue weighted by Crippen LogP contribution is -2.44. The molecule has 0 aromatic heterocycles. The van der Waals surface area contributed by atoms with E-state index in [0.29, 0.717) is 41.4 Å². The summed E-state index contributed by atoms with van der Waals surface area (Å²) in [7, 11) is 0. The topological polar surface area (TPSA) is 84.9 Å². The van der Waals surface area contributed by atoms with Gasteiger partial charge in [0, 0.05) is 30.2 Å². The molecule has 2 heterocycles. The van der Waals surface area contributed by atoms with Crippen LogP contribution in [0.25, 0.3) is 16.8 Å². The van der Waals surface area contributed by atoms with Gasteiger partial charge in [-0.25, -0.2) is 9.28 Å². The Hall–Kier alpha value is -4.88. The molecule has 1 amide bonds. The molecular weight excluding hydrogens is 528 g/mol. The molecule has 4 aromatic carbocycles. The molecule has 2 aliphatic heterocycles. The van der Waals surface area contributed by atoms with E-state index in [9.17, 15) is 14.7 Å². The van der Waals surface area contributed by atoms with Crippen LogP contribution < -0.4 is 19.3 Å². The third-order valence-corrected chi connectivity index (χ3v) is 8.50. The molecule has 1 aliphatic carbocycles. The summed E-state index contributed by atoms with van der Waals surface area (Å²) >= 11 is 0. The van der Waals surface area contributed by atoms with Crippen LogP contribution in [0.3, 0.4) is 0 Å². The quantitative estimate of drug-likeness (QED) is 0.202. The molecule has 7 rings (SSSR count). The summed E-state index contributed by atoms with van der Waals surface area (Å²) in [5.41, 5.74) is 8.59. The molecular formula is C35H31N2O5+. The number of para-hydroxylation sites is 1. The number of ether oxygens (including phenoxy) is 2. The number of quaternary nitrogens is 1. The van der Waals surface area contributed by atoms with Gasteiger partial charge >= 0.3 is 5.97 Å². The Morgan fingerprint density at radius 2 is 1.62 bits per heavy atom. The molecule has 4 aromatic rings. The van der Waals surface area contributed by atoms with Crippen LogP contribution >= 0.6 is 0 Å². The van der Waals surface area contributed by atoms with Crippen molar-refractivity contribution >= 4 is 28.9 Å². The molecule has 0 radical (unpaired) electrons. The van der Waals surface area contributed by atoms with E-state index in [-0.39, 0.29) is 22.9 Å². The lowest BCUT2D eigenvalue weighted by atomic mass is 10.0. The summed E-state index contributed by atoms with van der Waals surface area (Å²) in [5.74, 6) is -0.102. The highest BCUT2D eigenvalue weighted by Crippen LogP contribution is 2.53. The highest BCUT2D eigenvalue weighted by molar-refractivity contribution is 6.08. The number of carboxylic acids is 1. The van der Waals surface area contributed by atoms with Crippen molar-refractivity contribution in [1.82, 2.24) is 9.80 Å². The van der Waals surface area contributed by atoms with Crippen molar-refractivity contribution < 1.29 is 24.2 Å². The maximum atomic E-state index is 13.3. The van der Waals surface area contributed by atoms with E-state index in [4.69, 9.17) is 9.47 Å². The Morgan fingerprint density at radius 1 is 0.857 bits per heavy atom. The van der Waals surface area contributed by atoms with E-state index in [1.807, 2.05) is 49.4 Å². The predicted molar refractivity (Wildman–Crippen MR) is 161 cm³/mol. The number of unbranched alkanes of at least 4 members (excludes halogenated alkanes) is 1. The highest BCUT2D eigenvalue weighted by atomic mass is 16.7. The van der Waals surface area contributed by atoms with Crippen molar-refractivity contribution in [3.63, 3.8) is 0 Å². The average molecular weight is 560 g/mol. The number of aliphatic carboxylic acids is 1. The van der Waals surface area contributed by atoms with E-state index in [1.54, 1.807) is 0 Å². The highest BCUT2D eigenvalue weighted by Gasteiger charge is 2.52. The van der Waals surface area contributed by atoms with Gasteiger partial charge in [-0.1, -0.05) is 61.9 Å². The zero-order valence-corrected chi connectivity index (χ0v) is 23.4. The molecule has 1 unspecified atom stereocenters. The minimum Gasteiger partial charge on any atom is -0.474 e. The number of amides is 1. The maximum Gasteiger partial charge on any atom is 0.393 e. The van der Waals surface area contributed by atoms with Crippen LogP contribution in [0.15, 0.2) is 90.6 Å². The van der Waals surface area contributed by atoms with Crippen LogP contribution in [0.2, 0.25) is 0 Å². The van der Waals surface area contributed by atoms with Crippen molar-refractivity contribution in [2.24, 2.45) is 0 Å². The summed E-state index contributed by atoms with van der Waals surface area (Å²) in [6, 6.07) is 28.1. The van der Waals surface area contributed by atoms with E-state index >= 15 is 0 Å². The molecule has 2 N–H and O–H groups in total. The van der Waals surface area contributed by atoms with Crippen molar-refractivity contribution in [1.29, 1.82) is 0 Å². The number of hydrogen-bond acceptors (Lipinski definition) is 4. The van der Waals surface area contributed by atoms with Gasteiger partial charge in [-0.05, 0) is 53.3 Å². The summed E-state index contributed by atoms with van der Waals surface area (Å²) in [6.07, 6.45) is 2.75. The van der Waals surface area contributed by atoms with Gasteiger partial charge in [0.05, 0.1) is 5.56 Å². The molecule has 7 nitrogen and oxygen atoms in total. The van der Waals surface area contributed by atoms with Gasteiger partial charge in [-0.3, -0.25) is 4.79 Å². The zero-order chi connectivity index (χ0) is 28.8. The smallest absolute Gasteiger partial charge is 0.393 e. The third kappa shape index (κ3) is 4.08. The van der Waals surface area contributed by atoms with Gasteiger partial charge in [-0.15, -0.1) is 0 Å². The zero-order valence-electron chi connectivity index (χ0n) is 23.4. The first-order valence-electron chi connectivity index (χ1n) is 14.4. The Bertz CT molecular complexity index is 1790. The fourth-order valence-corrected chi connectivity index (χ4v) is 6.61. The van der Waals surface area contributed by atoms with Crippen LogP contribution in [0.5, 0.6) is 11.5 Å². The SMILES string of the molecule is CCCCC(=O)NC1=C(C(=O)O)[N+](Cc2ccc3c(c2)Cc2ccccc2-3)(c2ccc3c(c2)OCO3)c2ccccc21. The van der Waals surface area contributed by atoms with Gasteiger partial charge < -0.3 is 19.9 Å². The van der Waals surface area contributed by atoms with E-state index in [1.165, 1.54) is 22.3 Å².